The molecule has 3 heteroatoms. The highest BCUT2D eigenvalue weighted by Gasteiger charge is 2.07. The normalized spacial score (nSPS) is 10.5. The molecule has 1 aromatic heterocycles. The van der Waals surface area contributed by atoms with E-state index in [2.05, 4.69) is 21.3 Å². The standard InChI is InChI=1S/C15H12ClN2/c16-13-6-8-15(9-7-13)18-11-10-17(12-18)14-4-2-1-3-5-14/h1-12H/q+1. The molecule has 2 nitrogen and oxygen atoms in total. The molecule has 1 heterocycles. The molecule has 18 heavy (non-hydrogen) atoms. The molecule has 0 bridgehead atoms. The second kappa shape index (κ2) is 4.67. The molecule has 0 unspecified atom stereocenters. The molecule has 0 saturated carbocycles. The summed E-state index contributed by atoms with van der Waals surface area (Å²) >= 11 is 5.89. The number of nitrogens with zero attached hydrogens (tertiary/aromatic N) is 2. The number of imidazole rings is 1. The maximum Gasteiger partial charge on any atom is 0.254 e. The summed E-state index contributed by atoms with van der Waals surface area (Å²) in [6.45, 7) is 0. The average Bonchev–Trinajstić information content (AvgIpc) is 2.90. The third-order valence-corrected chi connectivity index (χ3v) is 3.07. The van der Waals surface area contributed by atoms with Gasteiger partial charge in [0.25, 0.3) is 6.33 Å². The number of rotatable bonds is 2. The Hall–Kier alpha value is -2.06. The summed E-state index contributed by atoms with van der Waals surface area (Å²) in [5, 5.41) is 0.752. The van der Waals surface area contributed by atoms with Crippen LogP contribution in [0.3, 0.4) is 0 Å². The quantitative estimate of drug-likeness (QED) is 0.621. The Morgan fingerprint density at radius 1 is 0.889 bits per heavy atom. The second-order valence-electron chi connectivity index (χ2n) is 4.04. The average molecular weight is 256 g/mol. The topological polar surface area (TPSA) is 8.81 Å². The Labute approximate surface area is 111 Å². The Morgan fingerprint density at radius 3 is 2.33 bits per heavy atom. The molecule has 0 atom stereocenters. The van der Waals surface area contributed by atoms with Gasteiger partial charge < -0.3 is 0 Å². The van der Waals surface area contributed by atoms with Crippen LogP contribution in [-0.2, 0) is 0 Å². The van der Waals surface area contributed by atoms with Crippen molar-refractivity contribution in [1.82, 2.24) is 4.57 Å². The van der Waals surface area contributed by atoms with Gasteiger partial charge in [-0.15, -0.1) is 0 Å². The van der Waals surface area contributed by atoms with E-state index in [0.717, 1.165) is 16.4 Å². The van der Waals surface area contributed by atoms with Gasteiger partial charge in [0.2, 0.25) is 0 Å². The van der Waals surface area contributed by atoms with Crippen LogP contribution in [0, 0.1) is 0 Å². The molecule has 0 amide bonds. The number of hydrogen-bond donors (Lipinski definition) is 0. The maximum absolute atomic E-state index is 5.89. The smallest absolute Gasteiger partial charge is 0.202 e. The van der Waals surface area contributed by atoms with E-state index >= 15 is 0 Å². The van der Waals surface area contributed by atoms with Gasteiger partial charge in [-0.1, -0.05) is 29.8 Å². The van der Waals surface area contributed by atoms with Gasteiger partial charge >= 0.3 is 0 Å². The van der Waals surface area contributed by atoms with Crippen LogP contribution >= 0.6 is 11.6 Å². The zero-order valence-electron chi connectivity index (χ0n) is 9.70. The van der Waals surface area contributed by atoms with Gasteiger partial charge in [0.05, 0.1) is 0 Å². The molecule has 2 aromatic carbocycles. The van der Waals surface area contributed by atoms with Gasteiger partial charge in [-0.2, -0.15) is 0 Å². The van der Waals surface area contributed by atoms with Crippen molar-refractivity contribution >= 4 is 11.6 Å². The van der Waals surface area contributed by atoms with E-state index in [9.17, 15) is 0 Å². The van der Waals surface area contributed by atoms with Gasteiger partial charge in [-0.25, -0.2) is 9.13 Å². The van der Waals surface area contributed by atoms with Crippen molar-refractivity contribution < 1.29 is 4.57 Å². The van der Waals surface area contributed by atoms with Crippen molar-refractivity contribution in [1.29, 1.82) is 0 Å². The Bertz CT molecular complexity index is 642. The fourth-order valence-corrected chi connectivity index (χ4v) is 2.00. The summed E-state index contributed by atoms with van der Waals surface area (Å²) < 4.78 is 4.14. The van der Waals surface area contributed by atoms with E-state index in [1.165, 1.54) is 0 Å². The lowest BCUT2D eigenvalue weighted by Crippen LogP contribution is -2.27. The fraction of sp³-hybridized carbons (Fsp3) is 0. The van der Waals surface area contributed by atoms with E-state index in [1.54, 1.807) is 0 Å². The van der Waals surface area contributed by atoms with Crippen LogP contribution in [0.25, 0.3) is 11.4 Å². The van der Waals surface area contributed by atoms with Gasteiger partial charge in [0.1, 0.15) is 23.8 Å². The zero-order valence-corrected chi connectivity index (χ0v) is 10.5. The van der Waals surface area contributed by atoms with Crippen LogP contribution in [0.4, 0.5) is 0 Å². The second-order valence-corrected chi connectivity index (χ2v) is 4.48. The van der Waals surface area contributed by atoms with Crippen LogP contribution in [0.1, 0.15) is 0 Å². The maximum atomic E-state index is 5.89. The first-order valence-electron chi connectivity index (χ1n) is 5.73. The number of para-hydroxylation sites is 1. The van der Waals surface area contributed by atoms with Crippen molar-refractivity contribution in [2.75, 3.05) is 0 Å². The van der Waals surface area contributed by atoms with Crippen LogP contribution < -0.4 is 4.57 Å². The molecule has 3 rings (SSSR count). The molecule has 0 aliphatic heterocycles. The van der Waals surface area contributed by atoms with Crippen molar-refractivity contribution in [2.45, 2.75) is 0 Å². The predicted octanol–water partition coefficient (Wildman–Crippen LogP) is 3.41. The Balaban J connectivity index is 1.97. The summed E-state index contributed by atoms with van der Waals surface area (Å²) in [6, 6.07) is 18.0. The molecular weight excluding hydrogens is 244 g/mol. The molecule has 88 valence electrons. The van der Waals surface area contributed by atoms with E-state index < -0.39 is 0 Å². The number of hydrogen-bond acceptors (Lipinski definition) is 0. The van der Waals surface area contributed by atoms with Crippen molar-refractivity contribution in [3.05, 3.63) is 78.3 Å². The number of halogens is 1. The lowest BCUT2D eigenvalue weighted by atomic mass is 10.3. The highest BCUT2D eigenvalue weighted by atomic mass is 35.5. The third-order valence-electron chi connectivity index (χ3n) is 2.82. The highest BCUT2D eigenvalue weighted by Crippen LogP contribution is 2.10. The van der Waals surface area contributed by atoms with Gasteiger partial charge in [-0.3, -0.25) is 0 Å². The molecule has 0 fully saturated rings. The molecule has 0 N–H and O–H groups in total. The minimum absolute atomic E-state index is 0.752. The molecular formula is C15H12ClN2+. The first-order valence-corrected chi connectivity index (χ1v) is 6.11. The van der Waals surface area contributed by atoms with Crippen LogP contribution in [-0.4, -0.2) is 4.57 Å². The van der Waals surface area contributed by atoms with Gasteiger partial charge in [-0.05, 0) is 36.4 Å². The molecule has 0 saturated heterocycles. The summed E-state index contributed by atoms with van der Waals surface area (Å²) in [5.41, 5.74) is 2.24. The summed E-state index contributed by atoms with van der Waals surface area (Å²) in [7, 11) is 0. The number of benzene rings is 2. The fourth-order valence-electron chi connectivity index (χ4n) is 1.87. The van der Waals surface area contributed by atoms with Crippen LogP contribution in [0.5, 0.6) is 0 Å². The van der Waals surface area contributed by atoms with Crippen LogP contribution in [0.2, 0.25) is 5.02 Å². The molecule has 0 aliphatic carbocycles. The minimum Gasteiger partial charge on any atom is -0.202 e. The van der Waals surface area contributed by atoms with E-state index in [1.807, 2.05) is 61.2 Å². The van der Waals surface area contributed by atoms with E-state index in [4.69, 9.17) is 11.6 Å². The van der Waals surface area contributed by atoms with Crippen molar-refractivity contribution in [2.24, 2.45) is 0 Å². The molecule has 0 aliphatic rings. The Kier molecular flexibility index (Phi) is 2.87. The summed E-state index contributed by atoms with van der Waals surface area (Å²) in [4.78, 5) is 0. The van der Waals surface area contributed by atoms with Crippen LogP contribution in [0.15, 0.2) is 73.3 Å². The zero-order chi connectivity index (χ0) is 12.4. The van der Waals surface area contributed by atoms with E-state index in [-0.39, 0.29) is 0 Å². The van der Waals surface area contributed by atoms with Gasteiger partial charge in [0, 0.05) is 5.02 Å². The molecule has 3 aromatic rings. The van der Waals surface area contributed by atoms with Gasteiger partial charge in [0.15, 0.2) is 0 Å². The monoisotopic (exact) mass is 255 g/mol. The predicted molar refractivity (Wildman–Crippen MR) is 72.3 cm³/mol. The first kappa shape index (κ1) is 11.1. The van der Waals surface area contributed by atoms with Crippen molar-refractivity contribution in [3.63, 3.8) is 0 Å². The number of aromatic nitrogens is 2. The van der Waals surface area contributed by atoms with Crippen molar-refractivity contribution in [3.8, 4) is 11.4 Å². The van der Waals surface area contributed by atoms with E-state index in [0.29, 0.717) is 0 Å². The largest absolute Gasteiger partial charge is 0.254 e. The highest BCUT2D eigenvalue weighted by molar-refractivity contribution is 6.30. The Morgan fingerprint density at radius 2 is 1.61 bits per heavy atom. The molecule has 0 spiro atoms. The summed E-state index contributed by atoms with van der Waals surface area (Å²) in [6.07, 6.45) is 6.10. The third kappa shape index (κ3) is 2.15. The lowest BCUT2D eigenvalue weighted by Gasteiger charge is -1.96. The SMILES string of the molecule is Clc1ccc(-[n+]2ccn(-c3ccccc3)c2)cc1. The minimum atomic E-state index is 0.752. The lowest BCUT2D eigenvalue weighted by molar-refractivity contribution is -0.594. The molecule has 0 radical (unpaired) electrons. The first-order chi connectivity index (χ1) is 8.83. The summed E-state index contributed by atoms with van der Waals surface area (Å²) in [5.74, 6) is 0.